The lowest BCUT2D eigenvalue weighted by Gasteiger charge is -2.16. The van der Waals surface area contributed by atoms with Crippen LogP contribution in [0.15, 0.2) is 35.0 Å². The van der Waals surface area contributed by atoms with Crippen molar-refractivity contribution in [2.75, 3.05) is 7.05 Å². The largest absolute Gasteiger partial charge is 0.348 e. The zero-order chi connectivity index (χ0) is 18.4. The minimum atomic E-state index is -0.974. The summed E-state index contributed by atoms with van der Waals surface area (Å²) in [6.07, 6.45) is 5.39. The van der Waals surface area contributed by atoms with Gasteiger partial charge >= 0.3 is 0 Å². The molecule has 1 aromatic carbocycles. The van der Waals surface area contributed by atoms with Crippen LogP contribution < -0.4 is 10.6 Å². The predicted octanol–water partition coefficient (Wildman–Crippen LogP) is 2.73. The number of hydrogen-bond acceptors (Lipinski definition) is 3. The molecule has 0 bridgehead atoms. The molecule has 0 aliphatic heterocycles. The Morgan fingerprint density at radius 2 is 1.80 bits per heavy atom. The molecule has 2 N–H and O–H groups in total. The van der Waals surface area contributed by atoms with E-state index in [1.165, 1.54) is 19.2 Å². The average molecular weight is 349 g/mol. The Labute approximate surface area is 145 Å². The number of hydrogen-bond donors (Lipinski definition) is 2. The Kier molecular flexibility index (Phi) is 6.38. The van der Waals surface area contributed by atoms with Gasteiger partial charge in [-0.2, -0.15) is 0 Å². The Balaban J connectivity index is 2.14. The van der Waals surface area contributed by atoms with Gasteiger partial charge in [0.1, 0.15) is 22.9 Å². The van der Waals surface area contributed by atoms with E-state index in [1.54, 1.807) is 6.92 Å². The highest BCUT2D eigenvalue weighted by Crippen LogP contribution is 2.18. The van der Waals surface area contributed by atoms with E-state index in [0.717, 1.165) is 37.8 Å². The van der Waals surface area contributed by atoms with E-state index in [9.17, 15) is 18.4 Å². The first kappa shape index (κ1) is 18.8. The molecule has 1 aliphatic rings. The van der Waals surface area contributed by atoms with Gasteiger partial charge in [-0.3, -0.25) is 14.6 Å². The van der Waals surface area contributed by atoms with Crippen molar-refractivity contribution in [2.24, 2.45) is 4.99 Å². The van der Waals surface area contributed by atoms with E-state index in [2.05, 4.69) is 15.6 Å². The lowest BCUT2D eigenvalue weighted by Crippen LogP contribution is -2.41. The van der Waals surface area contributed by atoms with Crippen LogP contribution in [0.1, 0.15) is 43.0 Å². The minimum absolute atomic E-state index is 0.0134. The van der Waals surface area contributed by atoms with Gasteiger partial charge in [0.05, 0.1) is 5.70 Å². The van der Waals surface area contributed by atoms with Crippen molar-refractivity contribution < 1.29 is 18.4 Å². The number of nitrogens with zero attached hydrogens (tertiary/aromatic N) is 1. The molecule has 2 amide bonds. The number of rotatable bonds is 5. The van der Waals surface area contributed by atoms with Crippen LogP contribution in [0.4, 0.5) is 8.78 Å². The van der Waals surface area contributed by atoms with Crippen molar-refractivity contribution in [1.82, 2.24) is 10.6 Å². The molecule has 1 aromatic rings. The van der Waals surface area contributed by atoms with E-state index >= 15 is 0 Å². The minimum Gasteiger partial charge on any atom is -0.348 e. The summed E-state index contributed by atoms with van der Waals surface area (Å²) in [6.45, 7) is 1.60. The summed E-state index contributed by atoms with van der Waals surface area (Å²) >= 11 is 0. The van der Waals surface area contributed by atoms with Crippen LogP contribution in [-0.4, -0.2) is 30.6 Å². The van der Waals surface area contributed by atoms with Crippen LogP contribution in [0.5, 0.6) is 0 Å². The molecule has 0 spiro atoms. The van der Waals surface area contributed by atoms with Crippen molar-refractivity contribution >= 4 is 17.5 Å². The topological polar surface area (TPSA) is 70.6 Å². The smallest absolute Gasteiger partial charge is 0.271 e. The quantitative estimate of drug-likeness (QED) is 0.803. The molecule has 0 aromatic heterocycles. The Morgan fingerprint density at radius 1 is 1.20 bits per heavy atom. The summed E-state index contributed by atoms with van der Waals surface area (Å²) < 4.78 is 27.5. The molecule has 134 valence electrons. The fraction of sp³-hybridized carbons (Fsp3) is 0.389. The number of allylic oxidation sites excluding steroid dienone is 1. The van der Waals surface area contributed by atoms with Crippen LogP contribution in [0.3, 0.4) is 0 Å². The number of nitrogens with one attached hydrogen (secondary N) is 2. The standard InChI is InChI=1S/C18H21F2N3O2/c1-3-14(16(21-2)18(25)22-11-7-4-5-8-11)23-17(24)15-12(19)9-6-10-13(15)20/h3,6,9-11H,4-5,7-8H2,1-2H3,(H,22,25)(H,23,24)/b14-3+,21-16?. The molecule has 0 saturated heterocycles. The van der Waals surface area contributed by atoms with E-state index < -0.39 is 29.0 Å². The number of amides is 2. The third kappa shape index (κ3) is 4.49. The van der Waals surface area contributed by atoms with Crippen molar-refractivity contribution in [3.05, 3.63) is 47.2 Å². The first-order chi connectivity index (χ1) is 12.0. The van der Waals surface area contributed by atoms with Crippen molar-refractivity contribution in [3.8, 4) is 0 Å². The first-order valence-electron chi connectivity index (χ1n) is 8.17. The maximum Gasteiger partial charge on any atom is 0.271 e. The van der Waals surface area contributed by atoms with Gasteiger partial charge < -0.3 is 10.6 Å². The lowest BCUT2D eigenvalue weighted by molar-refractivity contribution is -0.115. The molecular formula is C18H21F2N3O2. The molecule has 5 nitrogen and oxygen atoms in total. The number of halogens is 2. The van der Waals surface area contributed by atoms with Crippen molar-refractivity contribution in [3.63, 3.8) is 0 Å². The monoisotopic (exact) mass is 349 g/mol. The second-order valence-electron chi connectivity index (χ2n) is 5.78. The number of carbonyl (C=O) groups excluding carboxylic acids is 2. The van der Waals surface area contributed by atoms with Gasteiger partial charge in [0.2, 0.25) is 0 Å². The summed E-state index contributed by atoms with van der Waals surface area (Å²) in [7, 11) is 1.42. The zero-order valence-corrected chi connectivity index (χ0v) is 14.2. The molecular weight excluding hydrogens is 328 g/mol. The van der Waals surface area contributed by atoms with Gasteiger partial charge in [0.25, 0.3) is 11.8 Å². The van der Waals surface area contributed by atoms with Gasteiger partial charge in [-0.1, -0.05) is 25.0 Å². The second-order valence-corrected chi connectivity index (χ2v) is 5.78. The van der Waals surface area contributed by atoms with Crippen LogP contribution in [-0.2, 0) is 4.79 Å². The normalized spacial score (nSPS) is 16.0. The maximum atomic E-state index is 13.7. The predicted molar refractivity (Wildman–Crippen MR) is 91.3 cm³/mol. The van der Waals surface area contributed by atoms with Gasteiger partial charge in [-0.05, 0) is 31.9 Å². The second kappa shape index (κ2) is 8.50. The zero-order valence-electron chi connectivity index (χ0n) is 14.2. The molecule has 1 aliphatic carbocycles. The first-order valence-corrected chi connectivity index (χ1v) is 8.17. The van der Waals surface area contributed by atoms with Gasteiger partial charge in [-0.25, -0.2) is 8.78 Å². The number of carbonyl (C=O) groups is 2. The molecule has 2 rings (SSSR count). The van der Waals surface area contributed by atoms with E-state index in [-0.39, 0.29) is 17.5 Å². The summed E-state index contributed by atoms with van der Waals surface area (Å²) in [5, 5.41) is 5.24. The number of benzene rings is 1. The molecule has 1 fully saturated rings. The molecule has 0 radical (unpaired) electrons. The summed E-state index contributed by atoms with van der Waals surface area (Å²) in [5.74, 6) is -3.34. The summed E-state index contributed by atoms with van der Waals surface area (Å²) in [4.78, 5) is 28.6. The summed E-state index contributed by atoms with van der Waals surface area (Å²) in [6, 6.07) is 3.25. The lowest BCUT2D eigenvalue weighted by atomic mass is 10.1. The molecule has 0 atom stereocenters. The highest BCUT2D eigenvalue weighted by Gasteiger charge is 2.24. The van der Waals surface area contributed by atoms with Gasteiger partial charge in [-0.15, -0.1) is 0 Å². The molecule has 0 heterocycles. The fourth-order valence-corrected chi connectivity index (χ4v) is 2.84. The van der Waals surface area contributed by atoms with Gasteiger partial charge in [0.15, 0.2) is 0 Å². The van der Waals surface area contributed by atoms with Gasteiger partial charge in [0, 0.05) is 13.1 Å². The molecule has 25 heavy (non-hydrogen) atoms. The van der Waals surface area contributed by atoms with E-state index in [1.807, 2.05) is 0 Å². The van der Waals surface area contributed by atoms with E-state index in [0.29, 0.717) is 0 Å². The summed E-state index contributed by atoms with van der Waals surface area (Å²) in [5.41, 5.74) is -0.585. The SMILES string of the molecule is C/C=C(/NC(=O)c1c(F)cccc1F)C(=NC)C(=O)NC1CCCC1. The fourth-order valence-electron chi connectivity index (χ4n) is 2.84. The van der Waals surface area contributed by atoms with Crippen LogP contribution in [0, 0.1) is 11.6 Å². The third-order valence-corrected chi connectivity index (χ3v) is 4.11. The van der Waals surface area contributed by atoms with Crippen molar-refractivity contribution in [1.29, 1.82) is 0 Å². The Bertz CT molecular complexity index is 703. The average Bonchev–Trinajstić information content (AvgIpc) is 3.07. The van der Waals surface area contributed by atoms with Crippen LogP contribution in [0.25, 0.3) is 0 Å². The molecule has 0 unspecified atom stereocenters. The highest BCUT2D eigenvalue weighted by atomic mass is 19.1. The Hall–Kier alpha value is -2.57. The highest BCUT2D eigenvalue weighted by molar-refractivity contribution is 6.45. The molecule has 7 heteroatoms. The maximum absolute atomic E-state index is 13.7. The van der Waals surface area contributed by atoms with E-state index in [4.69, 9.17) is 0 Å². The van der Waals surface area contributed by atoms with Crippen LogP contribution >= 0.6 is 0 Å². The molecule has 1 saturated carbocycles. The van der Waals surface area contributed by atoms with Crippen molar-refractivity contribution in [2.45, 2.75) is 38.6 Å². The number of aliphatic imine (C=N–C) groups is 1. The Morgan fingerprint density at radius 3 is 2.32 bits per heavy atom. The van der Waals surface area contributed by atoms with Crippen LogP contribution in [0.2, 0.25) is 0 Å². The third-order valence-electron chi connectivity index (χ3n) is 4.11.